The number of rotatable bonds is 1. The van der Waals surface area contributed by atoms with Crippen LogP contribution in [0.1, 0.15) is 29.5 Å². The van der Waals surface area contributed by atoms with Gasteiger partial charge in [0.1, 0.15) is 5.82 Å². The van der Waals surface area contributed by atoms with Crippen LogP contribution in [0.5, 0.6) is 0 Å². The molecule has 0 spiro atoms. The molecular formula is C19H21N3O. The van der Waals surface area contributed by atoms with E-state index in [0.29, 0.717) is 18.4 Å². The Kier molecular flexibility index (Phi) is 2.73. The highest BCUT2D eigenvalue weighted by Crippen LogP contribution is 2.33. The number of carbonyl (C=O) groups excluding carboxylic acids is 1. The summed E-state index contributed by atoms with van der Waals surface area (Å²) in [6.45, 7) is 4.01. The van der Waals surface area contributed by atoms with Gasteiger partial charge in [0.25, 0.3) is 0 Å². The van der Waals surface area contributed by atoms with Crippen LogP contribution in [-0.4, -0.2) is 30.0 Å². The van der Waals surface area contributed by atoms with Crippen molar-refractivity contribution in [2.75, 3.05) is 18.0 Å². The quantitative estimate of drug-likeness (QED) is 0.879. The molecule has 1 aliphatic carbocycles. The number of carbonyl (C=O) groups is 1. The van der Waals surface area contributed by atoms with Crippen molar-refractivity contribution < 1.29 is 4.79 Å². The molecule has 0 unspecified atom stereocenters. The van der Waals surface area contributed by atoms with Crippen molar-refractivity contribution in [1.29, 1.82) is 0 Å². The summed E-state index contributed by atoms with van der Waals surface area (Å²) in [5.41, 5.74) is 5.42. The van der Waals surface area contributed by atoms with Crippen LogP contribution >= 0.6 is 0 Å². The van der Waals surface area contributed by atoms with Crippen LogP contribution < -0.4 is 10.2 Å². The summed E-state index contributed by atoms with van der Waals surface area (Å²) < 4.78 is 0. The van der Waals surface area contributed by atoms with Crippen LogP contribution in [0.15, 0.2) is 18.2 Å². The Morgan fingerprint density at radius 1 is 1.17 bits per heavy atom. The summed E-state index contributed by atoms with van der Waals surface area (Å²) in [4.78, 5) is 18.8. The first kappa shape index (κ1) is 13.3. The first-order valence-electron chi connectivity index (χ1n) is 8.65. The molecule has 0 bridgehead atoms. The summed E-state index contributed by atoms with van der Waals surface area (Å²) in [5.74, 6) is 1.72. The Labute approximate surface area is 135 Å². The van der Waals surface area contributed by atoms with Crippen LogP contribution in [-0.2, 0) is 17.6 Å². The lowest BCUT2D eigenvalue weighted by atomic mass is 10.0. The summed E-state index contributed by atoms with van der Waals surface area (Å²) in [5, 5.41) is 4.39. The monoisotopic (exact) mass is 307 g/mol. The number of benzene rings is 1. The minimum absolute atomic E-state index is 0.206. The molecule has 2 aliphatic heterocycles. The van der Waals surface area contributed by atoms with Gasteiger partial charge in [-0.3, -0.25) is 4.79 Å². The van der Waals surface area contributed by atoms with Crippen LogP contribution in [0.3, 0.4) is 0 Å². The highest BCUT2D eigenvalue weighted by Gasteiger charge is 2.40. The molecule has 4 nitrogen and oxygen atoms in total. The van der Waals surface area contributed by atoms with Gasteiger partial charge < -0.3 is 10.2 Å². The Hall–Kier alpha value is -2.10. The van der Waals surface area contributed by atoms with Crippen molar-refractivity contribution in [3.63, 3.8) is 0 Å². The molecule has 1 aromatic heterocycles. The van der Waals surface area contributed by atoms with Crippen molar-refractivity contribution in [3.05, 3.63) is 34.9 Å². The van der Waals surface area contributed by atoms with E-state index in [1.165, 1.54) is 41.3 Å². The number of nitrogens with zero attached hydrogens (tertiary/aromatic N) is 2. The maximum atomic E-state index is 11.5. The van der Waals surface area contributed by atoms with Gasteiger partial charge in [0.2, 0.25) is 5.91 Å². The average molecular weight is 307 g/mol. The molecule has 2 saturated heterocycles. The zero-order chi connectivity index (χ0) is 15.6. The SMILES string of the molecule is Cc1cc(N2C[C@@H]3CC(=O)N[C@@H]3C2)nc2cc3c(cc12)CCC3. The maximum absolute atomic E-state index is 11.5. The Balaban J connectivity index is 1.53. The second-order valence-electron chi connectivity index (χ2n) is 7.33. The van der Waals surface area contributed by atoms with Crippen molar-refractivity contribution in [3.8, 4) is 0 Å². The van der Waals surface area contributed by atoms with Crippen molar-refractivity contribution in [1.82, 2.24) is 10.3 Å². The first-order valence-corrected chi connectivity index (χ1v) is 8.65. The average Bonchev–Trinajstić information content (AvgIpc) is 3.18. The van der Waals surface area contributed by atoms with E-state index in [4.69, 9.17) is 4.98 Å². The molecule has 2 atom stereocenters. The lowest BCUT2D eigenvalue weighted by molar-refractivity contribution is -0.119. The second kappa shape index (κ2) is 4.70. The van der Waals surface area contributed by atoms with Gasteiger partial charge in [-0.25, -0.2) is 4.98 Å². The van der Waals surface area contributed by atoms with E-state index < -0.39 is 0 Å². The van der Waals surface area contributed by atoms with E-state index in [1.54, 1.807) is 0 Å². The van der Waals surface area contributed by atoms with Gasteiger partial charge in [-0.1, -0.05) is 0 Å². The summed E-state index contributed by atoms with van der Waals surface area (Å²) in [6, 6.07) is 7.17. The van der Waals surface area contributed by atoms with Gasteiger partial charge in [0.05, 0.1) is 11.6 Å². The minimum atomic E-state index is 0.206. The van der Waals surface area contributed by atoms with Crippen LogP contribution in [0, 0.1) is 12.8 Å². The molecule has 118 valence electrons. The van der Waals surface area contributed by atoms with Gasteiger partial charge in [-0.2, -0.15) is 0 Å². The number of anilines is 1. The van der Waals surface area contributed by atoms with Crippen LogP contribution in [0.2, 0.25) is 0 Å². The molecule has 23 heavy (non-hydrogen) atoms. The number of amides is 1. The molecule has 4 heteroatoms. The number of hydrogen-bond donors (Lipinski definition) is 1. The zero-order valence-electron chi connectivity index (χ0n) is 13.4. The topological polar surface area (TPSA) is 45.2 Å². The van der Waals surface area contributed by atoms with E-state index in [1.807, 2.05) is 0 Å². The van der Waals surface area contributed by atoms with Gasteiger partial charge in [-0.05, 0) is 61.1 Å². The molecule has 1 amide bonds. The van der Waals surface area contributed by atoms with E-state index >= 15 is 0 Å². The smallest absolute Gasteiger partial charge is 0.220 e. The van der Waals surface area contributed by atoms with Crippen LogP contribution in [0.25, 0.3) is 10.9 Å². The molecule has 1 aromatic carbocycles. The Morgan fingerprint density at radius 3 is 2.83 bits per heavy atom. The molecule has 0 radical (unpaired) electrons. The minimum Gasteiger partial charge on any atom is -0.354 e. The van der Waals surface area contributed by atoms with Gasteiger partial charge >= 0.3 is 0 Å². The molecule has 5 rings (SSSR count). The fraction of sp³-hybridized carbons (Fsp3) is 0.474. The molecule has 3 heterocycles. The lowest BCUT2D eigenvalue weighted by Crippen LogP contribution is -2.32. The molecule has 1 N–H and O–H groups in total. The number of fused-ring (bicyclic) bond motifs is 3. The standard InChI is InChI=1S/C19H21N3O/c1-11-5-18(22-9-14-8-19(23)21-17(14)10-22)20-16-7-13-4-2-3-12(13)6-15(11)16/h5-7,14,17H,2-4,8-10H2,1H3,(H,21,23)/t14-,17+/m0/s1. The molecule has 2 fully saturated rings. The Morgan fingerprint density at radius 2 is 2.00 bits per heavy atom. The third kappa shape index (κ3) is 2.04. The fourth-order valence-corrected chi connectivity index (χ4v) is 4.54. The number of aryl methyl sites for hydroxylation is 3. The second-order valence-corrected chi connectivity index (χ2v) is 7.33. The van der Waals surface area contributed by atoms with Crippen molar-refractivity contribution in [2.45, 2.75) is 38.6 Å². The summed E-state index contributed by atoms with van der Waals surface area (Å²) >= 11 is 0. The third-order valence-electron chi connectivity index (χ3n) is 5.77. The Bertz CT molecular complexity index is 813. The highest BCUT2D eigenvalue weighted by atomic mass is 16.2. The molecular weight excluding hydrogens is 286 g/mol. The van der Waals surface area contributed by atoms with Crippen molar-refractivity contribution in [2.24, 2.45) is 5.92 Å². The predicted molar refractivity (Wildman–Crippen MR) is 90.8 cm³/mol. The van der Waals surface area contributed by atoms with E-state index in [0.717, 1.165) is 24.4 Å². The fourth-order valence-electron chi connectivity index (χ4n) is 4.54. The normalized spacial score (nSPS) is 25.8. The third-order valence-corrected chi connectivity index (χ3v) is 5.77. The lowest BCUT2D eigenvalue weighted by Gasteiger charge is -2.20. The zero-order valence-corrected chi connectivity index (χ0v) is 13.4. The van der Waals surface area contributed by atoms with Gasteiger partial charge in [0, 0.05) is 30.8 Å². The van der Waals surface area contributed by atoms with Gasteiger partial charge in [0.15, 0.2) is 0 Å². The molecule has 0 saturated carbocycles. The van der Waals surface area contributed by atoms with E-state index in [-0.39, 0.29) is 5.91 Å². The van der Waals surface area contributed by atoms with Gasteiger partial charge in [-0.15, -0.1) is 0 Å². The van der Waals surface area contributed by atoms with E-state index in [2.05, 4.69) is 35.3 Å². The number of hydrogen-bond acceptors (Lipinski definition) is 3. The number of aromatic nitrogens is 1. The van der Waals surface area contributed by atoms with Crippen molar-refractivity contribution >= 4 is 22.6 Å². The first-order chi connectivity index (χ1) is 11.2. The van der Waals surface area contributed by atoms with Crippen LogP contribution in [0.4, 0.5) is 5.82 Å². The summed E-state index contributed by atoms with van der Waals surface area (Å²) in [6.07, 6.45) is 4.34. The largest absolute Gasteiger partial charge is 0.354 e. The summed E-state index contributed by atoms with van der Waals surface area (Å²) in [7, 11) is 0. The van der Waals surface area contributed by atoms with E-state index in [9.17, 15) is 4.79 Å². The number of nitrogens with one attached hydrogen (secondary N) is 1. The molecule has 3 aliphatic rings. The predicted octanol–water partition coefficient (Wildman–Crippen LogP) is 2.36. The number of pyridine rings is 1. The highest BCUT2D eigenvalue weighted by molar-refractivity contribution is 5.86. The molecule has 2 aromatic rings. The maximum Gasteiger partial charge on any atom is 0.220 e.